The van der Waals surface area contributed by atoms with Crippen molar-refractivity contribution < 1.29 is 14.3 Å². The molecular formula is C17H25ClN2O3. The van der Waals surface area contributed by atoms with Gasteiger partial charge in [-0.05, 0) is 37.8 Å². The molecule has 0 aliphatic heterocycles. The Hall–Kier alpha value is -1.59. The second-order valence-corrected chi connectivity index (χ2v) is 5.84. The maximum atomic E-state index is 12.1. The highest BCUT2D eigenvalue weighted by molar-refractivity contribution is 5.85. The van der Waals surface area contributed by atoms with Crippen molar-refractivity contribution in [2.45, 2.75) is 25.8 Å². The van der Waals surface area contributed by atoms with Crippen molar-refractivity contribution in [3.05, 3.63) is 35.9 Å². The summed E-state index contributed by atoms with van der Waals surface area (Å²) in [5.74, 6) is -0.156. The first-order valence-electron chi connectivity index (χ1n) is 7.74. The summed E-state index contributed by atoms with van der Waals surface area (Å²) in [6.45, 7) is 2.92. The van der Waals surface area contributed by atoms with Gasteiger partial charge in [0.05, 0.1) is 25.6 Å². The van der Waals surface area contributed by atoms with E-state index in [1.807, 2.05) is 30.3 Å². The van der Waals surface area contributed by atoms with Crippen molar-refractivity contribution in [1.29, 1.82) is 0 Å². The molecule has 1 aromatic carbocycles. The van der Waals surface area contributed by atoms with Crippen LogP contribution in [0.25, 0.3) is 0 Å². The molecule has 0 radical (unpaired) electrons. The van der Waals surface area contributed by atoms with Crippen LogP contribution in [0, 0.1) is 11.8 Å². The van der Waals surface area contributed by atoms with E-state index in [2.05, 4.69) is 10.6 Å². The Balaban J connectivity index is 0.00000264. The second-order valence-electron chi connectivity index (χ2n) is 5.84. The zero-order valence-corrected chi connectivity index (χ0v) is 14.4. The van der Waals surface area contributed by atoms with Crippen molar-refractivity contribution in [2.24, 2.45) is 11.8 Å². The topological polar surface area (TPSA) is 67.4 Å². The van der Waals surface area contributed by atoms with Gasteiger partial charge in [0.1, 0.15) is 0 Å². The van der Waals surface area contributed by atoms with E-state index in [1.54, 1.807) is 6.92 Å². The molecule has 0 bridgehead atoms. The van der Waals surface area contributed by atoms with Crippen LogP contribution in [0.5, 0.6) is 0 Å². The van der Waals surface area contributed by atoms with E-state index in [0.717, 1.165) is 18.0 Å². The summed E-state index contributed by atoms with van der Waals surface area (Å²) in [5.41, 5.74) is 0.899. The number of esters is 1. The molecular weight excluding hydrogens is 316 g/mol. The standard InChI is InChI=1S/C17H24N2O3.ClH/c1-12(17(21)22-2)16(14-6-4-3-5-7-14)19-15(20)11-18-10-13-8-9-13;/h3-7,12-13,16,18H,8-11H2,1-2H3,(H,19,20);1H. The molecule has 0 aromatic heterocycles. The number of benzene rings is 1. The van der Waals surface area contributed by atoms with Crippen LogP contribution < -0.4 is 10.6 Å². The summed E-state index contributed by atoms with van der Waals surface area (Å²) < 4.78 is 4.81. The average molecular weight is 341 g/mol. The van der Waals surface area contributed by atoms with E-state index in [0.29, 0.717) is 0 Å². The number of carbonyl (C=O) groups excluding carboxylic acids is 2. The Kier molecular flexibility index (Phi) is 8.06. The number of hydrogen-bond acceptors (Lipinski definition) is 4. The lowest BCUT2D eigenvalue weighted by Gasteiger charge is -2.24. The SMILES string of the molecule is COC(=O)C(C)C(NC(=O)CNCC1CC1)c1ccccc1.Cl. The minimum Gasteiger partial charge on any atom is -0.469 e. The summed E-state index contributed by atoms with van der Waals surface area (Å²) in [6.07, 6.45) is 2.50. The third kappa shape index (κ3) is 6.20. The maximum absolute atomic E-state index is 12.1. The minimum absolute atomic E-state index is 0. The average Bonchev–Trinajstić information content (AvgIpc) is 3.36. The number of hydrogen-bond donors (Lipinski definition) is 2. The first-order chi connectivity index (χ1) is 10.6. The minimum atomic E-state index is -0.445. The molecule has 0 saturated heterocycles. The predicted octanol–water partition coefficient (Wildman–Crippen LogP) is 2.07. The van der Waals surface area contributed by atoms with Gasteiger partial charge in [-0.2, -0.15) is 0 Å². The van der Waals surface area contributed by atoms with Crippen LogP contribution in [0.1, 0.15) is 31.4 Å². The summed E-state index contributed by atoms with van der Waals surface area (Å²) in [7, 11) is 1.36. The van der Waals surface area contributed by atoms with E-state index >= 15 is 0 Å². The zero-order valence-electron chi connectivity index (χ0n) is 13.6. The van der Waals surface area contributed by atoms with Gasteiger partial charge in [-0.3, -0.25) is 9.59 Å². The molecule has 128 valence electrons. The van der Waals surface area contributed by atoms with Gasteiger partial charge in [0.25, 0.3) is 0 Å². The van der Waals surface area contributed by atoms with Crippen molar-refractivity contribution in [3.63, 3.8) is 0 Å². The van der Waals surface area contributed by atoms with E-state index in [4.69, 9.17) is 4.74 Å². The summed E-state index contributed by atoms with van der Waals surface area (Å²) in [4.78, 5) is 23.9. The number of amides is 1. The molecule has 1 aliphatic carbocycles. The van der Waals surface area contributed by atoms with Crippen LogP contribution in [0.4, 0.5) is 0 Å². The number of methoxy groups -OCH3 is 1. The van der Waals surface area contributed by atoms with Crippen LogP contribution in [-0.4, -0.2) is 32.1 Å². The summed E-state index contributed by atoms with van der Waals surface area (Å²) in [6, 6.07) is 9.11. The van der Waals surface area contributed by atoms with Crippen LogP contribution in [0.3, 0.4) is 0 Å². The highest BCUT2D eigenvalue weighted by Gasteiger charge is 2.28. The van der Waals surface area contributed by atoms with Gasteiger partial charge < -0.3 is 15.4 Å². The smallest absolute Gasteiger partial charge is 0.310 e. The van der Waals surface area contributed by atoms with E-state index < -0.39 is 5.92 Å². The molecule has 5 nitrogen and oxygen atoms in total. The second kappa shape index (κ2) is 9.53. The first kappa shape index (κ1) is 19.5. The zero-order chi connectivity index (χ0) is 15.9. The number of rotatable bonds is 8. The normalized spacial score (nSPS) is 15.9. The van der Waals surface area contributed by atoms with Crippen LogP contribution >= 0.6 is 12.4 Å². The van der Waals surface area contributed by atoms with Crippen LogP contribution in [0.15, 0.2) is 30.3 Å². The van der Waals surface area contributed by atoms with Gasteiger partial charge in [0, 0.05) is 0 Å². The summed E-state index contributed by atoms with van der Waals surface area (Å²) in [5, 5.41) is 6.10. The fourth-order valence-electron chi connectivity index (χ4n) is 2.42. The molecule has 1 amide bonds. The largest absolute Gasteiger partial charge is 0.469 e. The number of halogens is 1. The van der Waals surface area contributed by atoms with Crippen LogP contribution in [-0.2, 0) is 14.3 Å². The third-order valence-corrected chi connectivity index (χ3v) is 3.96. The monoisotopic (exact) mass is 340 g/mol. The van der Waals surface area contributed by atoms with E-state index in [9.17, 15) is 9.59 Å². The lowest BCUT2D eigenvalue weighted by Crippen LogP contribution is -2.40. The Morgan fingerprint density at radius 3 is 2.48 bits per heavy atom. The highest BCUT2D eigenvalue weighted by atomic mass is 35.5. The predicted molar refractivity (Wildman–Crippen MR) is 91.3 cm³/mol. The summed E-state index contributed by atoms with van der Waals surface area (Å²) >= 11 is 0. The number of carbonyl (C=O) groups is 2. The molecule has 23 heavy (non-hydrogen) atoms. The third-order valence-electron chi connectivity index (χ3n) is 3.96. The molecule has 2 atom stereocenters. The van der Waals surface area contributed by atoms with Gasteiger partial charge >= 0.3 is 5.97 Å². The fourth-order valence-corrected chi connectivity index (χ4v) is 2.42. The molecule has 2 unspecified atom stereocenters. The number of nitrogens with one attached hydrogen (secondary N) is 2. The molecule has 1 aromatic rings. The van der Waals surface area contributed by atoms with Gasteiger partial charge in [-0.1, -0.05) is 30.3 Å². The lowest BCUT2D eigenvalue weighted by molar-refractivity contribution is -0.146. The lowest BCUT2D eigenvalue weighted by atomic mass is 9.94. The number of ether oxygens (including phenoxy) is 1. The molecule has 1 aliphatic rings. The quantitative estimate of drug-likeness (QED) is 0.711. The van der Waals surface area contributed by atoms with Crippen molar-refractivity contribution >= 4 is 24.3 Å². The molecule has 1 fully saturated rings. The van der Waals surface area contributed by atoms with Gasteiger partial charge in [-0.15, -0.1) is 12.4 Å². The Morgan fingerprint density at radius 2 is 1.91 bits per heavy atom. The Bertz CT molecular complexity index is 506. The van der Waals surface area contributed by atoms with Gasteiger partial charge in [-0.25, -0.2) is 0 Å². The van der Waals surface area contributed by atoms with Gasteiger partial charge in [0.15, 0.2) is 0 Å². The molecule has 1 saturated carbocycles. The Labute approximate surface area is 143 Å². The molecule has 6 heteroatoms. The van der Waals surface area contributed by atoms with Crippen molar-refractivity contribution in [2.75, 3.05) is 20.2 Å². The van der Waals surface area contributed by atoms with Crippen molar-refractivity contribution in [3.8, 4) is 0 Å². The van der Waals surface area contributed by atoms with E-state index in [-0.39, 0.29) is 36.9 Å². The fraction of sp³-hybridized carbons (Fsp3) is 0.529. The molecule has 0 spiro atoms. The molecule has 2 rings (SSSR count). The van der Waals surface area contributed by atoms with Gasteiger partial charge in [0.2, 0.25) is 5.91 Å². The maximum Gasteiger partial charge on any atom is 0.310 e. The first-order valence-corrected chi connectivity index (χ1v) is 7.74. The van der Waals surface area contributed by atoms with Crippen LogP contribution in [0.2, 0.25) is 0 Å². The molecule has 0 heterocycles. The molecule has 2 N–H and O–H groups in total. The van der Waals surface area contributed by atoms with E-state index in [1.165, 1.54) is 20.0 Å². The van der Waals surface area contributed by atoms with Crippen molar-refractivity contribution in [1.82, 2.24) is 10.6 Å². The Morgan fingerprint density at radius 1 is 1.26 bits per heavy atom. The highest BCUT2D eigenvalue weighted by Crippen LogP contribution is 2.27.